The number of hydrogen-bond acceptors (Lipinski definition) is 8. The minimum absolute atomic E-state index is 0.0291. The largest absolute Gasteiger partial charge is 0.455 e. The van der Waals surface area contributed by atoms with E-state index >= 15 is 0 Å². The summed E-state index contributed by atoms with van der Waals surface area (Å²) in [6, 6.07) is 0. The summed E-state index contributed by atoms with van der Waals surface area (Å²) >= 11 is 0. The molecule has 0 spiro atoms. The Morgan fingerprint density at radius 3 is 1.49 bits per heavy atom. The monoisotopic (exact) mass is 638 g/mol. The molecule has 9 atom stereocenters. The van der Waals surface area contributed by atoms with Crippen molar-refractivity contribution in [2.75, 3.05) is 0 Å². The lowest BCUT2D eigenvalue weighted by molar-refractivity contribution is -0.139. The topological polar surface area (TPSA) is 126 Å². The number of cyclic esters (lactones) is 1. The van der Waals surface area contributed by atoms with Gasteiger partial charge >= 0.3 is 5.97 Å². The van der Waals surface area contributed by atoms with E-state index in [1.54, 1.807) is 0 Å². The minimum atomic E-state index is -0.469. The van der Waals surface area contributed by atoms with Gasteiger partial charge in [0.05, 0.1) is 48.8 Å². The molecule has 0 aromatic rings. The third-order valence-corrected chi connectivity index (χ3v) is 10.2. The third-order valence-electron chi connectivity index (χ3n) is 10.2. The highest BCUT2D eigenvalue weighted by atomic mass is 16.6. The highest BCUT2D eigenvalue weighted by Crippen LogP contribution is 2.34. The number of carbonyl (C=O) groups excluding carboxylic acids is 1. The highest BCUT2D eigenvalue weighted by molar-refractivity contribution is 5.90. The van der Waals surface area contributed by atoms with Gasteiger partial charge in [-0.3, -0.25) is 0 Å². The predicted molar refractivity (Wildman–Crippen MR) is 177 cm³/mol. The van der Waals surface area contributed by atoms with E-state index < -0.39 is 18.3 Å². The molecule has 3 aliphatic heterocycles. The molecule has 3 aliphatic rings. The zero-order valence-corrected chi connectivity index (χ0v) is 28.5. The van der Waals surface area contributed by atoms with E-state index in [4.69, 9.17) is 14.2 Å². The van der Waals surface area contributed by atoms with Gasteiger partial charge in [0.15, 0.2) is 0 Å². The van der Waals surface area contributed by atoms with Crippen LogP contribution in [-0.2, 0) is 19.0 Å². The fraction of sp³-hybridized carbons (Fsp3) is 0.919. The van der Waals surface area contributed by atoms with Crippen LogP contribution in [0.3, 0.4) is 0 Å². The van der Waals surface area contributed by atoms with Crippen LogP contribution in [0.1, 0.15) is 162 Å². The van der Waals surface area contributed by atoms with Gasteiger partial charge in [-0.15, -0.1) is 0 Å². The molecule has 8 nitrogen and oxygen atoms in total. The smallest absolute Gasteiger partial charge is 0.334 e. The third kappa shape index (κ3) is 14.7. The molecule has 3 rings (SSSR count). The molecule has 2 saturated heterocycles. The maximum Gasteiger partial charge on any atom is 0.334 e. The lowest BCUT2D eigenvalue weighted by Gasteiger charge is -2.24. The van der Waals surface area contributed by atoms with Gasteiger partial charge in [0, 0.05) is 12.0 Å². The first-order valence-electron chi connectivity index (χ1n) is 18.7. The van der Waals surface area contributed by atoms with Gasteiger partial charge in [-0.05, 0) is 70.8 Å². The molecule has 0 unspecified atom stereocenters. The van der Waals surface area contributed by atoms with Gasteiger partial charge in [0.1, 0.15) is 6.10 Å². The van der Waals surface area contributed by atoms with Crippen LogP contribution >= 0.6 is 0 Å². The molecular weight excluding hydrogens is 572 g/mol. The molecular formula is C37H66O8. The SMILES string of the molecule is CC[C@H](O)CCCCCCC[C@H](O)[C@@H]1CC[C@@H]([C@@H]2CC[C@@H]([C@H](O)CCCCCCCCCC[C@@H](O)CC3=C[C@H](C)OC3=O)O2)O1. The van der Waals surface area contributed by atoms with E-state index in [1.807, 2.05) is 19.9 Å². The summed E-state index contributed by atoms with van der Waals surface area (Å²) in [7, 11) is 0. The van der Waals surface area contributed by atoms with Gasteiger partial charge in [-0.1, -0.05) is 90.4 Å². The Morgan fingerprint density at radius 2 is 1.07 bits per heavy atom. The van der Waals surface area contributed by atoms with Crippen LogP contribution in [0.2, 0.25) is 0 Å². The van der Waals surface area contributed by atoms with Crippen molar-refractivity contribution < 1.29 is 39.4 Å². The number of carbonyl (C=O) groups is 1. The van der Waals surface area contributed by atoms with Crippen LogP contribution in [-0.4, -0.2) is 81.3 Å². The molecule has 0 aromatic heterocycles. The molecule has 262 valence electrons. The number of aliphatic hydroxyl groups excluding tert-OH is 4. The van der Waals surface area contributed by atoms with Crippen LogP contribution in [0, 0.1) is 0 Å². The summed E-state index contributed by atoms with van der Waals surface area (Å²) in [6.45, 7) is 3.86. The number of hydrogen-bond donors (Lipinski definition) is 4. The molecule has 0 amide bonds. The van der Waals surface area contributed by atoms with Crippen LogP contribution in [0.25, 0.3) is 0 Å². The van der Waals surface area contributed by atoms with Crippen molar-refractivity contribution in [1.82, 2.24) is 0 Å². The Bertz CT molecular complexity index is 833. The average molecular weight is 639 g/mol. The Hall–Kier alpha value is -1.03. The molecule has 4 N–H and O–H groups in total. The first-order valence-corrected chi connectivity index (χ1v) is 18.7. The average Bonchev–Trinajstić information content (AvgIpc) is 3.77. The molecule has 0 bridgehead atoms. The zero-order chi connectivity index (χ0) is 32.4. The second-order valence-corrected chi connectivity index (χ2v) is 14.2. The van der Waals surface area contributed by atoms with Crippen LogP contribution < -0.4 is 0 Å². The van der Waals surface area contributed by atoms with E-state index in [2.05, 4.69) is 0 Å². The normalized spacial score (nSPS) is 27.8. The summed E-state index contributed by atoms with van der Waals surface area (Å²) in [5, 5.41) is 41.3. The lowest BCUT2D eigenvalue weighted by Crippen LogP contribution is -2.33. The summed E-state index contributed by atoms with van der Waals surface area (Å²) in [4.78, 5) is 11.7. The molecule has 0 aliphatic carbocycles. The van der Waals surface area contributed by atoms with Crippen molar-refractivity contribution in [2.24, 2.45) is 0 Å². The van der Waals surface area contributed by atoms with Crippen LogP contribution in [0.15, 0.2) is 11.6 Å². The Morgan fingerprint density at radius 1 is 0.644 bits per heavy atom. The first-order chi connectivity index (χ1) is 21.8. The van der Waals surface area contributed by atoms with Crippen molar-refractivity contribution in [3.8, 4) is 0 Å². The van der Waals surface area contributed by atoms with Crippen molar-refractivity contribution in [2.45, 2.75) is 216 Å². The Labute approximate surface area is 273 Å². The number of unbranched alkanes of at least 4 members (excludes halogenated alkanes) is 11. The zero-order valence-electron chi connectivity index (χ0n) is 28.5. The van der Waals surface area contributed by atoms with Gasteiger partial charge in [0.25, 0.3) is 0 Å². The molecule has 0 aromatic carbocycles. The number of aliphatic hydroxyl groups is 4. The molecule has 45 heavy (non-hydrogen) atoms. The molecule has 8 heteroatoms. The summed E-state index contributed by atoms with van der Waals surface area (Å²) in [5.74, 6) is -0.285. The molecule has 0 saturated carbocycles. The van der Waals surface area contributed by atoms with Crippen LogP contribution in [0.5, 0.6) is 0 Å². The van der Waals surface area contributed by atoms with Crippen molar-refractivity contribution in [3.63, 3.8) is 0 Å². The number of esters is 1. The fourth-order valence-electron chi connectivity index (χ4n) is 7.26. The summed E-state index contributed by atoms with van der Waals surface area (Å²) in [5.41, 5.74) is 0.612. The molecule has 0 radical (unpaired) electrons. The van der Waals surface area contributed by atoms with E-state index in [1.165, 1.54) is 25.7 Å². The Balaban J connectivity index is 1.13. The van der Waals surface area contributed by atoms with Crippen molar-refractivity contribution in [3.05, 3.63) is 11.6 Å². The predicted octanol–water partition coefficient (Wildman–Crippen LogP) is 6.83. The number of ether oxygens (including phenoxy) is 3. The standard InChI is InChI=1S/C37H66O8/c1-3-29(38)17-13-10-8-12-16-20-32(41)34-22-24-36(45-34)35-23-21-33(44-35)31(40)19-15-11-7-5-4-6-9-14-18-30(39)26-28-25-27(2)43-37(28)42/h25,27,29-36,38-41H,3-24,26H2,1-2H3/t27-,29-,30+,31+,32-,33-,34-,35-,36-/m0/s1. The van der Waals surface area contributed by atoms with E-state index in [-0.39, 0.29) is 42.6 Å². The van der Waals surface area contributed by atoms with E-state index in [9.17, 15) is 25.2 Å². The van der Waals surface area contributed by atoms with Crippen LogP contribution in [0.4, 0.5) is 0 Å². The second kappa shape index (κ2) is 21.8. The summed E-state index contributed by atoms with van der Waals surface area (Å²) < 4.78 is 17.6. The fourth-order valence-corrected chi connectivity index (χ4v) is 7.26. The maximum atomic E-state index is 11.7. The minimum Gasteiger partial charge on any atom is -0.455 e. The Kier molecular flexibility index (Phi) is 18.6. The molecule has 3 heterocycles. The van der Waals surface area contributed by atoms with Gasteiger partial charge < -0.3 is 34.6 Å². The quantitative estimate of drug-likeness (QED) is 0.0634. The van der Waals surface area contributed by atoms with Gasteiger partial charge in [-0.25, -0.2) is 4.79 Å². The van der Waals surface area contributed by atoms with E-state index in [0.717, 1.165) is 116 Å². The van der Waals surface area contributed by atoms with Crippen molar-refractivity contribution in [1.29, 1.82) is 0 Å². The van der Waals surface area contributed by atoms with Gasteiger partial charge in [-0.2, -0.15) is 0 Å². The summed E-state index contributed by atoms with van der Waals surface area (Å²) in [6.07, 6.45) is 22.6. The van der Waals surface area contributed by atoms with Gasteiger partial charge in [0.2, 0.25) is 0 Å². The maximum absolute atomic E-state index is 11.7. The first kappa shape index (κ1) is 38.4. The number of rotatable bonds is 25. The highest BCUT2D eigenvalue weighted by Gasteiger charge is 2.40. The van der Waals surface area contributed by atoms with E-state index in [0.29, 0.717) is 12.0 Å². The lowest BCUT2D eigenvalue weighted by atomic mass is 10.00. The molecule has 2 fully saturated rings. The second-order valence-electron chi connectivity index (χ2n) is 14.2. The van der Waals surface area contributed by atoms with Crippen molar-refractivity contribution >= 4 is 5.97 Å².